The SMILES string of the molecule is CCCCC(CC)n1nc(C(=O)N2CCOCC2)c2c1-c1ccccc1S(=O)(=O)C2. The monoisotopic (exact) mass is 431 g/mol. The molecule has 0 bridgehead atoms. The van der Waals surface area contributed by atoms with Crippen molar-refractivity contribution in [1.82, 2.24) is 14.7 Å². The second kappa shape index (κ2) is 8.51. The van der Waals surface area contributed by atoms with E-state index in [1.807, 2.05) is 16.8 Å². The number of hydrogen-bond acceptors (Lipinski definition) is 5. The third-order valence-corrected chi connectivity index (χ3v) is 7.72. The molecule has 8 heteroatoms. The molecule has 7 nitrogen and oxygen atoms in total. The maximum Gasteiger partial charge on any atom is 0.274 e. The van der Waals surface area contributed by atoms with Crippen molar-refractivity contribution in [3.05, 3.63) is 35.5 Å². The number of ether oxygens (including phenoxy) is 1. The molecule has 1 fully saturated rings. The lowest BCUT2D eigenvalue weighted by molar-refractivity contribution is 0.0297. The van der Waals surface area contributed by atoms with Gasteiger partial charge in [0.2, 0.25) is 0 Å². The van der Waals surface area contributed by atoms with Crippen LogP contribution in [0.5, 0.6) is 0 Å². The molecule has 0 aliphatic carbocycles. The van der Waals surface area contributed by atoms with Crippen LogP contribution in [0.4, 0.5) is 0 Å². The van der Waals surface area contributed by atoms with Crippen molar-refractivity contribution < 1.29 is 17.9 Å². The number of unbranched alkanes of at least 4 members (excludes halogenated alkanes) is 1. The smallest absolute Gasteiger partial charge is 0.274 e. The lowest BCUT2D eigenvalue weighted by atomic mass is 10.0. The number of carbonyl (C=O) groups is 1. The highest BCUT2D eigenvalue weighted by Crippen LogP contribution is 2.41. The van der Waals surface area contributed by atoms with Gasteiger partial charge in [-0.2, -0.15) is 5.10 Å². The minimum Gasteiger partial charge on any atom is -0.378 e. The molecule has 30 heavy (non-hydrogen) atoms. The van der Waals surface area contributed by atoms with Gasteiger partial charge in [0, 0.05) is 24.2 Å². The van der Waals surface area contributed by atoms with Gasteiger partial charge in [-0.3, -0.25) is 9.48 Å². The first kappa shape index (κ1) is 21.1. The molecule has 1 atom stereocenters. The number of fused-ring (bicyclic) bond motifs is 3. The minimum atomic E-state index is -3.53. The first-order valence-corrected chi connectivity index (χ1v) is 12.4. The summed E-state index contributed by atoms with van der Waals surface area (Å²) in [7, 11) is -3.53. The lowest BCUT2D eigenvalue weighted by Crippen LogP contribution is -2.41. The van der Waals surface area contributed by atoms with E-state index in [1.165, 1.54) is 0 Å². The van der Waals surface area contributed by atoms with Gasteiger partial charge in [0.25, 0.3) is 5.91 Å². The number of amides is 1. The summed E-state index contributed by atoms with van der Waals surface area (Å²) >= 11 is 0. The van der Waals surface area contributed by atoms with Gasteiger partial charge >= 0.3 is 0 Å². The number of aromatic nitrogens is 2. The molecule has 1 amide bonds. The predicted molar refractivity (Wildman–Crippen MR) is 114 cm³/mol. The summed E-state index contributed by atoms with van der Waals surface area (Å²) in [6.45, 7) is 6.24. The molecule has 0 radical (unpaired) electrons. The topological polar surface area (TPSA) is 81.5 Å². The fourth-order valence-corrected chi connectivity index (χ4v) is 5.98. The van der Waals surface area contributed by atoms with Crippen LogP contribution < -0.4 is 0 Å². The molecule has 1 aromatic carbocycles. The molecule has 1 unspecified atom stereocenters. The number of rotatable bonds is 6. The number of benzene rings is 1. The summed E-state index contributed by atoms with van der Waals surface area (Å²) < 4.78 is 33.4. The second-order valence-electron chi connectivity index (χ2n) is 7.98. The molecule has 1 saturated heterocycles. The first-order chi connectivity index (χ1) is 14.5. The third-order valence-electron chi connectivity index (χ3n) is 6.03. The summed E-state index contributed by atoms with van der Waals surface area (Å²) in [5, 5.41) is 4.78. The summed E-state index contributed by atoms with van der Waals surface area (Å²) in [5.74, 6) is -0.386. The van der Waals surface area contributed by atoms with E-state index in [4.69, 9.17) is 9.84 Å². The normalized spacial score (nSPS) is 18.5. The molecular weight excluding hydrogens is 402 g/mol. The van der Waals surface area contributed by atoms with E-state index in [-0.39, 0.29) is 23.4 Å². The molecule has 0 N–H and O–H groups in total. The van der Waals surface area contributed by atoms with Crippen molar-refractivity contribution in [3.63, 3.8) is 0 Å². The maximum atomic E-state index is 13.3. The van der Waals surface area contributed by atoms with Crippen molar-refractivity contribution in [1.29, 1.82) is 0 Å². The van der Waals surface area contributed by atoms with E-state index >= 15 is 0 Å². The summed E-state index contributed by atoms with van der Waals surface area (Å²) in [5.41, 5.74) is 2.27. The Balaban J connectivity index is 1.89. The van der Waals surface area contributed by atoms with Crippen LogP contribution in [0.1, 0.15) is 61.6 Å². The first-order valence-electron chi connectivity index (χ1n) is 10.8. The zero-order chi connectivity index (χ0) is 21.3. The van der Waals surface area contributed by atoms with Gasteiger partial charge in [0.1, 0.15) is 0 Å². The quantitative estimate of drug-likeness (QED) is 0.700. The summed E-state index contributed by atoms with van der Waals surface area (Å²) in [6.07, 6.45) is 3.94. The van der Waals surface area contributed by atoms with Crippen LogP contribution in [0.15, 0.2) is 29.2 Å². The van der Waals surface area contributed by atoms with Crippen molar-refractivity contribution >= 4 is 15.7 Å². The largest absolute Gasteiger partial charge is 0.378 e. The molecular formula is C22H29N3O4S. The van der Waals surface area contributed by atoms with E-state index in [2.05, 4.69) is 13.8 Å². The highest BCUT2D eigenvalue weighted by Gasteiger charge is 2.37. The Hall–Kier alpha value is -2.19. The van der Waals surface area contributed by atoms with Crippen molar-refractivity contribution in [3.8, 4) is 11.3 Å². The van der Waals surface area contributed by atoms with Crippen molar-refractivity contribution in [2.75, 3.05) is 26.3 Å². The van der Waals surface area contributed by atoms with Gasteiger partial charge < -0.3 is 9.64 Å². The molecule has 0 spiro atoms. The number of hydrogen-bond donors (Lipinski definition) is 0. The average molecular weight is 432 g/mol. The Labute approximate surface area is 177 Å². The van der Waals surface area contributed by atoms with Crippen LogP contribution in [0.3, 0.4) is 0 Å². The Bertz CT molecular complexity index is 1040. The summed E-state index contributed by atoms with van der Waals surface area (Å²) in [4.78, 5) is 15.4. The van der Waals surface area contributed by atoms with Gasteiger partial charge in [-0.05, 0) is 18.9 Å². The van der Waals surface area contributed by atoms with Crippen LogP contribution in [-0.4, -0.2) is 55.3 Å². The van der Waals surface area contributed by atoms with Gasteiger partial charge in [-0.1, -0.05) is 44.9 Å². The van der Waals surface area contributed by atoms with Crippen LogP contribution in [0.2, 0.25) is 0 Å². The van der Waals surface area contributed by atoms with Gasteiger partial charge in [-0.25, -0.2) is 8.42 Å². The lowest BCUT2D eigenvalue weighted by Gasteiger charge is -2.26. The van der Waals surface area contributed by atoms with E-state index in [0.29, 0.717) is 42.3 Å². The van der Waals surface area contributed by atoms with Crippen molar-refractivity contribution in [2.24, 2.45) is 0 Å². The molecule has 4 rings (SSSR count). The molecule has 1 aromatic heterocycles. The third kappa shape index (κ3) is 3.67. The minimum absolute atomic E-state index is 0.124. The van der Waals surface area contributed by atoms with Crippen LogP contribution in [0.25, 0.3) is 11.3 Å². The van der Waals surface area contributed by atoms with Crippen LogP contribution in [0, 0.1) is 0 Å². The molecule has 2 aromatic rings. The number of carbonyl (C=O) groups excluding carboxylic acids is 1. The van der Waals surface area contributed by atoms with Crippen LogP contribution >= 0.6 is 0 Å². The van der Waals surface area contributed by atoms with Gasteiger partial charge in [0.05, 0.1) is 35.6 Å². The highest BCUT2D eigenvalue weighted by molar-refractivity contribution is 7.90. The van der Waals surface area contributed by atoms with E-state index < -0.39 is 9.84 Å². The molecule has 2 aliphatic heterocycles. The standard InChI is InChI=1S/C22H29N3O4S/c1-3-5-8-16(4-2)25-21-17-9-6-7-10-19(17)30(27,28)15-18(21)20(23-25)22(26)24-11-13-29-14-12-24/h6-7,9-10,16H,3-5,8,11-15H2,1-2H3. The van der Waals surface area contributed by atoms with Gasteiger partial charge in [0.15, 0.2) is 15.5 Å². The van der Waals surface area contributed by atoms with E-state index in [1.54, 1.807) is 17.0 Å². The van der Waals surface area contributed by atoms with E-state index in [9.17, 15) is 13.2 Å². The fraction of sp³-hybridized carbons (Fsp3) is 0.545. The molecule has 162 valence electrons. The number of sulfone groups is 1. The van der Waals surface area contributed by atoms with Gasteiger partial charge in [-0.15, -0.1) is 0 Å². The van der Waals surface area contributed by atoms with Crippen LogP contribution in [-0.2, 0) is 20.3 Å². The van der Waals surface area contributed by atoms with E-state index in [0.717, 1.165) is 31.4 Å². The predicted octanol–water partition coefficient (Wildman–Crippen LogP) is 3.45. The average Bonchev–Trinajstić information content (AvgIpc) is 3.13. The highest BCUT2D eigenvalue weighted by atomic mass is 32.2. The maximum absolute atomic E-state index is 13.3. The number of nitrogens with zero attached hydrogens (tertiary/aromatic N) is 3. The summed E-state index contributed by atoms with van der Waals surface area (Å²) in [6, 6.07) is 7.20. The molecule has 3 heterocycles. The molecule has 0 saturated carbocycles. The Kier molecular flexibility index (Phi) is 5.97. The number of morpholine rings is 1. The van der Waals surface area contributed by atoms with Crippen molar-refractivity contribution in [2.45, 2.75) is 56.2 Å². The Morgan fingerprint density at radius 1 is 1.20 bits per heavy atom. The Morgan fingerprint density at radius 3 is 2.63 bits per heavy atom. The zero-order valence-corrected chi connectivity index (χ0v) is 18.5. The fourth-order valence-electron chi connectivity index (χ4n) is 4.38. The Morgan fingerprint density at radius 2 is 1.93 bits per heavy atom. The zero-order valence-electron chi connectivity index (χ0n) is 17.6. The molecule has 2 aliphatic rings. The second-order valence-corrected chi connectivity index (χ2v) is 9.94.